The molecule has 1 rings (SSSR count). The molecule has 5 heteroatoms. The second kappa shape index (κ2) is 4.84. The second-order valence-corrected chi connectivity index (χ2v) is 4.23. The number of hydrogen-bond acceptors (Lipinski definition) is 2. The molecule has 1 aliphatic rings. The van der Waals surface area contributed by atoms with Crippen molar-refractivity contribution < 1.29 is 13.2 Å². The first-order chi connectivity index (χ1) is 6.97. The van der Waals surface area contributed by atoms with Crippen molar-refractivity contribution >= 4 is 0 Å². The minimum absolute atomic E-state index is 0.0764. The Bertz CT molecular complexity index is 238. The highest BCUT2D eigenvalue weighted by molar-refractivity contribution is 5.00. The van der Waals surface area contributed by atoms with Gasteiger partial charge in [-0.25, -0.2) is 0 Å². The lowest BCUT2D eigenvalue weighted by Crippen LogP contribution is -2.25. The summed E-state index contributed by atoms with van der Waals surface area (Å²) >= 11 is 0. The molecule has 0 spiro atoms. The van der Waals surface area contributed by atoms with E-state index in [4.69, 9.17) is 5.26 Å². The lowest BCUT2D eigenvalue weighted by Gasteiger charge is -2.12. The van der Waals surface area contributed by atoms with Crippen LogP contribution in [0.3, 0.4) is 0 Å². The fourth-order valence-corrected chi connectivity index (χ4v) is 1.53. The Balaban J connectivity index is 2.01. The molecule has 1 saturated carbocycles. The van der Waals surface area contributed by atoms with E-state index in [9.17, 15) is 13.2 Å². The summed E-state index contributed by atoms with van der Waals surface area (Å²) in [6.45, 7) is 1.06. The Labute approximate surface area is 87.5 Å². The van der Waals surface area contributed by atoms with Crippen LogP contribution in [0.25, 0.3) is 0 Å². The van der Waals surface area contributed by atoms with Gasteiger partial charge in [-0.15, -0.1) is 0 Å². The van der Waals surface area contributed by atoms with Crippen LogP contribution in [0.1, 0.15) is 32.1 Å². The van der Waals surface area contributed by atoms with E-state index in [0.717, 1.165) is 12.8 Å². The van der Waals surface area contributed by atoms with E-state index in [0.29, 0.717) is 19.5 Å². The molecule has 0 amide bonds. The minimum Gasteiger partial charge on any atom is -0.316 e. The zero-order chi connectivity index (χ0) is 11.4. The summed E-state index contributed by atoms with van der Waals surface area (Å²) in [7, 11) is 0. The normalized spacial score (nSPS) is 18.5. The number of alkyl halides is 3. The molecular formula is C10H15F3N2. The molecule has 0 saturated heterocycles. The van der Waals surface area contributed by atoms with Gasteiger partial charge in [0.25, 0.3) is 0 Å². The van der Waals surface area contributed by atoms with Gasteiger partial charge >= 0.3 is 6.18 Å². The highest BCUT2D eigenvalue weighted by Crippen LogP contribution is 2.47. The summed E-state index contributed by atoms with van der Waals surface area (Å²) in [5.74, 6) is 0. The highest BCUT2D eigenvalue weighted by atomic mass is 19.4. The van der Waals surface area contributed by atoms with Crippen molar-refractivity contribution in [1.29, 1.82) is 5.26 Å². The van der Waals surface area contributed by atoms with Crippen LogP contribution in [-0.4, -0.2) is 19.3 Å². The fraction of sp³-hybridized carbons (Fsp3) is 0.900. The molecule has 0 aromatic carbocycles. The van der Waals surface area contributed by atoms with Crippen LogP contribution >= 0.6 is 0 Å². The lowest BCUT2D eigenvalue weighted by molar-refractivity contribution is -0.135. The standard InChI is InChI=1S/C10H15F3N2/c11-10(12,13)2-1-7-15-8-9(3-4-9)5-6-14/h15H,1-5,7-8H2. The van der Waals surface area contributed by atoms with E-state index in [1.54, 1.807) is 0 Å². The van der Waals surface area contributed by atoms with Crippen LogP contribution < -0.4 is 5.32 Å². The van der Waals surface area contributed by atoms with E-state index < -0.39 is 12.6 Å². The third-order valence-corrected chi connectivity index (χ3v) is 2.72. The Hall–Kier alpha value is -0.760. The number of nitrogens with one attached hydrogen (secondary N) is 1. The first-order valence-corrected chi connectivity index (χ1v) is 5.12. The molecule has 1 aliphatic carbocycles. The lowest BCUT2D eigenvalue weighted by atomic mass is 10.0. The average molecular weight is 220 g/mol. The SMILES string of the molecule is N#CCC1(CNCCCC(F)(F)F)CC1. The molecule has 2 nitrogen and oxygen atoms in total. The van der Waals surface area contributed by atoms with Crippen LogP contribution in [-0.2, 0) is 0 Å². The largest absolute Gasteiger partial charge is 0.389 e. The van der Waals surface area contributed by atoms with Crippen LogP contribution in [0.15, 0.2) is 0 Å². The van der Waals surface area contributed by atoms with Gasteiger partial charge in [0.15, 0.2) is 0 Å². The Kier molecular flexibility index (Phi) is 3.97. The maximum absolute atomic E-state index is 11.8. The molecule has 1 N–H and O–H groups in total. The molecule has 0 bridgehead atoms. The van der Waals surface area contributed by atoms with Crippen molar-refractivity contribution in [3.05, 3.63) is 0 Å². The maximum Gasteiger partial charge on any atom is 0.389 e. The number of hydrogen-bond donors (Lipinski definition) is 1. The van der Waals surface area contributed by atoms with E-state index in [1.807, 2.05) is 0 Å². The van der Waals surface area contributed by atoms with Crippen LogP contribution in [0.5, 0.6) is 0 Å². The molecular weight excluding hydrogens is 205 g/mol. The van der Waals surface area contributed by atoms with Crippen LogP contribution in [0.4, 0.5) is 13.2 Å². The number of rotatable bonds is 6. The summed E-state index contributed by atoms with van der Waals surface area (Å²) in [5, 5.41) is 11.5. The van der Waals surface area contributed by atoms with Crippen molar-refractivity contribution in [3.63, 3.8) is 0 Å². The summed E-state index contributed by atoms with van der Waals surface area (Å²) in [6, 6.07) is 2.12. The zero-order valence-electron chi connectivity index (χ0n) is 8.53. The van der Waals surface area contributed by atoms with Crippen molar-refractivity contribution in [1.82, 2.24) is 5.32 Å². The highest BCUT2D eigenvalue weighted by Gasteiger charge is 2.41. The molecule has 0 aliphatic heterocycles. The summed E-state index contributed by atoms with van der Waals surface area (Å²) in [6.07, 6.45) is -2.11. The van der Waals surface area contributed by atoms with Gasteiger partial charge < -0.3 is 5.32 Å². The molecule has 0 aromatic rings. The zero-order valence-corrected chi connectivity index (χ0v) is 8.53. The fourth-order valence-electron chi connectivity index (χ4n) is 1.53. The Morgan fingerprint density at radius 3 is 2.47 bits per heavy atom. The monoisotopic (exact) mass is 220 g/mol. The predicted molar refractivity (Wildman–Crippen MR) is 50.1 cm³/mol. The summed E-state index contributed by atoms with van der Waals surface area (Å²) in [4.78, 5) is 0. The van der Waals surface area contributed by atoms with E-state index >= 15 is 0 Å². The summed E-state index contributed by atoms with van der Waals surface area (Å²) < 4.78 is 35.3. The van der Waals surface area contributed by atoms with Gasteiger partial charge in [-0.3, -0.25) is 0 Å². The van der Waals surface area contributed by atoms with E-state index in [1.165, 1.54) is 0 Å². The number of nitriles is 1. The molecule has 1 fully saturated rings. The third kappa shape index (κ3) is 5.03. The first kappa shape index (κ1) is 12.3. The van der Waals surface area contributed by atoms with Crippen LogP contribution in [0.2, 0.25) is 0 Å². The second-order valence-electron chi connectivity index (χ2n) is 4.23. The first-order valence-electron chi connectivity index (χ1n) is 5.12. The van der Waals surface area contributed by atoms with Gasteiger partial charge in [-0.1, -0.05) is 0 Å². The van der Waals surface area contributed by atoms with Crippen LogP contribution in [0, 0.1) is 16.7 Å². The van der Waals surface area contributed by atoms with Gasteiger partial charge in [-0.05, 0) is 31.2 Å². The van der Waals surface area contributed by atoms with Crippen molar-refractivity contribution in [2.24, 2.45) is 5.41 Å². The van der Waals surface area contributed by atoms with Gasteiger partial charge in [0.1, 0.15) is 0 Å². The third-order valence-electron chi connectivity index (χ3n) is 2.72. The Morgan fingerprint density at radius 2 is 2.00 bits per heavy atom. The maximum atomic E-state index is 11.8. The quantitative estimate of drug-likeness (QED) is 0.698. The molecule has 0 radical (unpaired) electrons. The molecule has 0 aromatic heterocycles. The minimum atomic E-state index is -4.05. The average Bonchev–Trinajstić information content (AvgIpc) is 2.83. The molecule has 15 heavy (non-hydrogen) atoms. The van der Waals surface area contributed by atoms with Gasteiger partial charge in [0.2, 0.25) is 0 Å². The summed E-state index contributed by atoms with van der Waals surface area (Å²) in [5.41, 5.74) is 0.0764. The van der Waals surface area contributed by atoms with Crippen molar-refractivity contribution in [3.8, 4) is 6.07 Å². The van der Waals surface area contributed by atoms with E-state index in [-0.39, 0.29) is 11.8 Å². The van der Waals surface area contributed by atoms with Gasteiger partial charge in [0.05, 0.1) is 6.07 Å². The predicted octanol–water partition coefficient (Wildman–Crippen LogP) is 2.61. The van der Waals surface area contributed by atoms with Crippen molar-refractivity contribution in [2.75, 3.05) is 13.1 Å². The Morgan fingerprint density at radius 1 is 1.33 bits per heavy atom. The van der Waals surface area contributed by atoms with Crippen molar-refractivity contribution in [2.45, 2.75) is 38.3 Å². The molecule has 0 unspecified atom stereocenters. The molecule has 0 heterocycles. The molecule has 86 valence electrons. The number of nitrogens with zero attached hydrogens (tertiary/aromatic N) is 1. The molecule has 0 atom stereocenters. The van der Waals surface area contributed by atoms with Gasteiger partial charge in [-0.2, -0.15) is 18.4 Å². The van der Waals surface area contributed by atoms with Gasteiger partial charge in [0, 0.05) is 19.4 Å². The van der Waals surface area contributed by atoms with E-state index in [2.05, 4.69) is 11.4 Å². The topological polar surface area (TPSA) is 35.8 Å². The number of halogens is 3. The smallest absolute Gasteiger partial charge is 0.316 e.